The lowest BCUT2D eigenvalue weighted by Gasteiger charge is -2.23. The zero-order valence-corrected chi connectivity index (χ0v) is 19.1. The quantitative estimate of drug-likeness (QED) is 0.488. The summed E-state index contributed by atoms with van der Waals surface area (Å²) in [7, 11) is -2.46. The number of nitrogens with zero attached hydrogens (tertiary/aromatic N) is 1. The molecule has 0 aliphatic rings. The Bertz CT molecular complexity index is 1200. The molecule has 6 nitrogen and oxygen atoms in total. The number of ether oxygens (including phenoxy) is 1. The Balaban J connectivity index is 2.00. The van der Waals surface area contributed by atoms with Crippen molar-refractivity contribution in [3.05, 3.63) is 82.3 Å². The van der Waals surface area contributed by atoms with E-state index in [9.17, 15) is 13.2 Å². The van der Waals surface area contributed by atoms with Crippen LogP contribution >= 0.6 is 23.2 Å². The van der Waals surface area contributed by atoms with Crippen LogP contribution in [0.3, 0.4) is 0 Å². The van der Waals surface area contributed by atoms with Crippen LogP contribution in [0, 0.1) is 0 Å². The van der Waals surface area contributed by atoms with Gasteiger partial charge < -0.3 is 10.1 Å². The Kier molecular flexibility index (Phi) is 7.10. The fourth-order valence-electron chi connectivity index (χ4n) is 3.02. The van der Waals surface area contributed by atoms with Gasteiger partial charge in [0, 0.05) is 11.6 Å². The number of rotatable bonds is 7. The van der Waals surface area contributed by atoms with Gasteiger partial charge in [-0.3, -0.25) is 9.10 Å². The zero-order chi connectivity index (χ0) is 22.6. The first-order valence-corrected chi connectivity index (χ1v) is 11.5. The maximum absolute atomic E-state index is 13.3. The van der Waals surface area contributed by atoms with Crippen molar-refractivity contribution in [1.82, 2.24) is 0 Å². The molecule has 0 aliphatic carbocycles. The number of carbonyl (C=O) groups is 1. The molecule has 0 saturated carbocycles. The number of nitrogens with one attached hydrogen (secondary N) is 1. The molecule has 3 rings (SSSR count). The molecule has 0 unspecified atom stereocenters. The van der Waals surface area contributed by atoms with Crippen LogP contribution in [0.2, 0.25) is 10.0 Å². The molecule has 0 radical (unpaired) electrons. The highest BCUT2D eigenvalue weighted by Crippen LogP contribution is 2.32. The summed E-state index contributed by atoms with van der Waals surface area (Å²) in [5.41, 5.74) is 0.884. The van der Waals surface area contributed by atoms with Crippen LogP contribution in [0.5, 0.6) is 5.75 Å². The number of carbonyl (C=O) groups excluding carboxylic acids is 1. The second-order valence-electron chi connectivity index (χ2n) is 6.45. The highest BCUT2D eigenvalue weighted by Gasteiger charge is 2.25. The van der Waals surface area contributed by atoms with Gasteiger partial charge in [0.15, 0.2) is 0 Å². The highest BCUT2D eigenvalue weighted by molar-refractivity contribution is 7.92. The Hall–Kier alpha value is -2.74. The number of benzene rings is 3. The summed E-state index contributed by atoms with van der Waals surface area (Å²) in [6.07, 6.45) is 0. The predicted octanol–water partition coefficient (Wildman–Crippen LogP) is 5.47. The van der Waals surface area contributed by atoms with E-state index in [1.807, 2.05) is 6.07 Å². The van der Waals surface area contributed by atoms with Crippen molar-refractivity contribution in [3.8, 4) is 5.75 Å². The van der Waals surface area contributed by atoms with E-state index in [1.54, 1.807) is 37.3 Å². The predicted molar refractivity (Wildman–Crippen MR) is 124 cm³/mol. The van der Waals surface area contributed by atoms with Crippen LogP contribution in [-0.4, -0.2) is 28.0 Å². The largest absolute Gasteiger partial charge is 0.495 e. The smallest absolute Gasteiger partial charge is 0.264 e. The van der Waals surface area contributed by atoms with E-state index in [0.29, 0.717) is 16.5 Å². The number of methoxy groups -OCH3 is 1. The molecule has 0 atom stereocenters. The van der Waals surface area contributed by atoms with E-state index in [4.69, 9.17) is 27.9 Å². The fourth-order valence-corrected chi connectivity index (χ4v) is 4.90. The molecule has 1 amide bonds. The van der Waals surface area contributed by atoms with Crippen LogP contribution in [0.1, 0.15) is 17.3 Å². The minimum absolute atomic E-state index is 0.00601. The van der Waals surface area contributed by atoms with Crippen molar-refractivity contribution in [2.24, 2.45) is 0 Å². The van der Waals surface area contributed by atoms with E-state index in [0.717, 1.165) is 0 Å². The Labute approximate surface area is 191 Å². The molecule has 0 aromatic heterocycles. The second kappa shape index (κ2) is 9.60. The lowest BCUT2D eigenvalue weighted by molar-refractivity contribution is 0.102. The van der Waals surface area contributed by atoms with E-state index in [1.165, 1.54) is 41.7 Å². The summed E-state index contributed by atoms with van der Waals surface area (Å²) in [6.45, 7) is 1.98. The Morgan fingerprint density at radius 2 is 1.74 bits per heavy atom. The number of anilines is 2. The molecule has 162 valence electrons. The number of halogens is 2. The minimum atomic E-state index is -3.89. The first kappa shape index (κ1) is 22.9. The first-order chi connectivity index (χ1) is 14.8. The lowest BCUT2D eigenvalue weighted by atomic mass is 10.2. The molecule has 31 heavy (non-hydrogen) atoms. The van der Waals surface area contributed by atoms with Gasteiger partial charge in [-0.05, 0) is 55.5 Å². The third-order valence-corrected chi connectivity index (χ3v) is 6.98. The van der Waals surface area contributed by atoms with Crippen LogP contribution in [0.4, 0.5) is 11.4 Å². The third kappa shape index (κ3) is 4.95. The van der Waals surface area contributed by atoms with Gasteiger partial charge in [-0.2, -0.15) is 0 Å². The lowest BCUT2D eigenvalue weighted by Crippen LogP contribution is -2.30. The minimum Gasteiger partial charge on any atom is -0.495 e. The number of amides is 1. The number of sulfonamides is 1. The van der Waals surface area contributed by atoms with E-state index >= 15 is 0 Å². The van der Waals surface area contributed by atoms with Crippen LogP contribution in [-0.2, 0) is 10.0 Å². The van der Waals surface area contributed by atoms with Crippen molar-refractivity contribution in [1.29, 1.82) is 0 Å². The zero-order valence-electron chi connectivity index (χ0n) is 16.8. The SMILES string of the molecule is CCN(c1ccccc1)S(=O)(=O)c1ccc(OC)c(NC(=O)c2cc(Cl)ccc2Cl)c1. The number of para-hydroxylation sites is 1. The van der Waals surface area contributed by atoms with Crippen molar-refractivity contribution in [3.63, 3.8) is 0 Å². The molecule has 9 heteroatoms. The molecule has 0 fully saturated rings. The molecule has 0 saturated heterocycles. The summed E-state index contributed by atoms with van der Waals surface area (Å²) in [4.78, 5) is 12.8. The fraction of sp³-hybridized carbons (Fsp3) is 0.136. The van der Waals surface area contributed by atoms with E-state index < -0.39 is 15.9 Å². The van der Waals surface area contributed by atoms with Gasteiger partial charge in [0.25, 0.3) is 15.9 Å². The molecular weight excluding hydrogens is 459 g/mol. The van der Waals surface area contributed by atoms with Gasteiger partial charge in [0.1, 0.15) is 5.75 Å². The standard InChI is InChI=1S/C22H20Cl2N2O4S/c1-3-26(16-7-5-4-6-8-16)31(28,29)17-10-12-21(30-2)20(14-17)25-22(27)18-13-15(23)9-11-19(18)24/h4-14H,3H2,1-2H3,(H,25,27). The summed E-state index contributed by atoms with van der Waals surface area (Å²) >= 11 is 12.1. The molecule has 0 bridgehead atoms. The molecular formula is C22H20Cl2N2O4S. The summed E-state index contributed by atoms with van der Waals surface area (Å²) < 4.78 is 33.2. The normalized spacial score (nSPS) is 11.1. The van der Waals surface area contributed by atoms with Crippen molar-refractivity contribution < 1.29 is 17.9 Å². The molecule has 0 aliphatic heterocycles. The van der Waals surface area contributed by atoms with Crippen LogP contribution in [0.25, 0.3) is 0 Å². The van der Waals surface area contributed by atoms with E-state index in [-0.39, 0.29) is 27.7 Å². The summed E-state index contributed by atoms with van der Waals surface area (Å²) in [6, 6.07) is 17.6. The van der Waals surface area contributed by atoms with Crippen molar-refractivity contribution >= 4 is 50.5 Å². The van der Waals surface area contributed by atoms with Gasteiger partial charge >= 0.3 is 0 Å². The third-order valence-electron chi connectivity index (χ3n) is 4.51. The van der Waals surface area contributed by atoms with Crippen LogP contribution in [0.15, 0.2) is 71.6 Å². The van der Waals surface area contributed by atoms with Gasteiger partial charge in [0.05, 0.1) is 34.0 Å². The first-order valence-electron chi connectivity index (χ1n) is 9.30. The maximum Gasteiger partial charge on any atom is 0.264 e. The van der Waals surface area contributed by atoms with Crippen molar-refractivity contribution in [2.75, 3.05) is 23.3 Å². The van der Waals surface area contributed by atoms with Crippen molar-refractivity contribution in [2.45, 2.75) is 11.8 Å². The Morgan fingerprint density at radius 3 is 2.39 bits per heavy atom. The molecule has 1 N–H and O–H groups in total. The van der Waals surface area contributed by atoms with E-state index in [2.05, 4.69) is 5.32 Å². The number of hydrogen-bond donors (Lipinski definition) is 1. The topological polar surface area (TPSA) is 75.7 Å². The average molecular weight is 479 g/mol. The highest BCUT2D eigenvalue weighted by atomic mass is 35.5. The van der Waals surface area contributed by atoms with Crippen LogP contribution < -0.4 is 14.4 Å². The Morgan fingerprint density at radius 1 is 1.03 bits per heavy atom. The maximum atomic E-state index is 13.3. The summed E-state index contributed by atoms with van der Waals surface area (Å²) in [5, 5.41) is 3.23. The van der Waals surface area contributed by atoms with Gasteiger partial charge in [-0.1, -0.05) is 41.4 Å². The van der Waals surface area contributed by atoms with Gasteiger partial charge in [-0.25, -0.2) is 8.42 Å². The molecule has 0 spiro atoms. The second-order valence-corrected chi connectivity index (χ2v) is 9.15. The molecule has 0 heterocycles. The monoisotopic (exact) mass is 478 g/mol. The number of hydrogen-bond acceptors (Lipinski definition) is 4. The van der Waals surface area contributed by atoms with Gasteiger partial charge in [-0.15, -0.1) is 0 Å². The molecule has 3 aromatic rings. The molecule has 3 aromatic carbocycles. The van der Waals surface area contributed by atoms with Gasteiger partial charge in [0.2, 0.25) is 0 Å². The average Bonchev–Trinajstić information content (AvgIpc) is 2.76. The summed E-state index contributed by atoms with van der Waals surface area (Å²) in [5.74, 6) is -0.246.